The second kappa shape index (κ2) is 7.59. The summed E-state index contributed by atoms with van der Waals surface area (Å²) >= 11 is 12.1. The molecule has 1 aromatic carbocycles. The molecular weight excluding hydrogens is 241 g/mol. The zero-order chi connectivity index (χ0) is 11.8. The highest BCUT2D eigenvalue weighted by molar-refractivity contribution is 6.39. The fourth-order valence-corrected chi connectivity index (χ4v) is 2.00. The maximum absolute atomic E-state index is 6.03. The van der Waals surface area contributed by atoms with Crippen molar-refractivity contribution in [2.75, 3.05) is 11.9 Å². The largest absolute Gasteiger partial charge is 0.383 e. The van der Waals surface area contributed by atoms with Gasteiger partial charge in [-0.15, -0.1) is 6.58 Å². The maximum Gasteiger partial charge on any atom is 0.0718 e. The molecule has 0 aliphatic heterocycles. The van der Waals surface area contributed by atoms with E-state index >= 15 is 0 Å². The Hall–Kier alpha value is -0.660. The number of unbranched alkanes of at least 4 members (excludes halogenated alkanes) is 3. The van der Waals surface area contributed by atoms with Crippen LogP contribution in [0, 0.1) is 0 Å². The first-order valence-corrected chi connectivity index (χ1v) is 6.30. The van der Waals surface area contributed by atoms with Crippen molar-refractivity contribution in [1.82, 2.24) is 0 Å². The smallest absolute Gasteiger partial charge is 0.0718 e. The lowest BCUT2D eigenvalue weighted by Crippen LogP contribution is -2.02. The number of halogens is 2. The van der Waals surface area contributed by atoms with E-state index in [4.69, 9.17) is 23.2 Å². The highest BCUT2D eigenvalue weighted by atomic mass is 35.5. The number of hydrogen-bond donors (Lipinski definition) is 1. The number of para-hydroxylation sites is 1. The Bertz CT molecular complexity index is 316. The number of hydrogen-bond acceptors (Lipinski definition) is 1. The van der Waals surface area contributed by atoms with Gasteiger partial charge in [0.15, 0.2) is 0 Å². The lowest BCUT2D eigenvalue weighted by atomic mass is 10.2. The molecule has 0 radical (unpaired) electrons. The highest BCUT2D eigenvalue weighted by Crippen LogP contribution is 2.29. The van der Waals surface area contributed by atoms with Crippen LogP contribution in [-0.4, -0.2) is 6.54 Å². The molecule has 0 bridgehead atoms. The van der Waals surface area contributed by atoms with Crippen molar-refractivity contribution in [3.8, 4) is 0 Å². The lowest BCUT2D eigenvalue weighted by Gasteiger charge is -2.09. The number of anilines is 1. The Kier molecular flexibility index (Phi) is 6.36. The number of allylic oxidation sites excluding steroid dienone is 1. The molecule has 1 N–H and O–H groups in total. The van der Waals surface area contributed by atoms with E-state index in [1.807, 2.05) is 24.3 Å². The molecule has 0 heterocycles. The molecule has 0 unspecified atom stereocenters. The van der Waals surface area contributed by atoms with Crippen molar-refractivity contribution < 1.29 is 0 Å². The molecule has 88 valence electrons. The van der Waals surface area contributed by atoms with Gasteiger partial charge >= 0.3 is 0 Å². The zero-order valence-corrected chi connectivity index (χ0v) is 10.8. The van der Waals surface area contributed by atoms with Gasteiger partial charge in [-0.25, -0.2) is 0 Å². The molecule has 3 heteroatoms. The van der Waals surface area contributed by atoms with Gasteiger partial charge in [-0.1, -0.05) is 41.8 Å². The minimum atomic E-state index is 0.679. The van der Waals surface area contributed by atoms with Gasteiger partial charge < -0.3 is 5.32 Å². The van der Waals surface area contributed by atoms with E-state index in [2.05, 4.69) is 11.9 Å². The molecule has 1 aromatic rings. The third-order valence-electron chi connectivity index (χ3n) is 2.35. The Morgan fingerprint density at radius 1 is 1.12 bits per heavy atom. The Morgan fingerprint density at radius 2 is 1.81 bits per heavy atom. The van der Waals surface area contributed by atoms with Crippen molar-refractivity contribution >= 4 is 28.9 Å². The Morgan fingerprint density at radius 3 is 2.44 bits per heavy atom. The van der Waals surface area contributed by atoms with Gasteiger partial charge in [-0.05, 0) is 31.4 Å². The van der Waals surface area contributed by atoms with Gasteiger partial charge in [0.1, 0.15) is 0 Å². The van der Waals surface area contributed by atoms with Crippen molar-refractivity contribution in [1.29, 1.82) is 0 Å². The Labute approximate surface area is 107 Å². The average Bonchev–Trinajstić information content (AvgIpc) is 2.26. The summed E-state index contributed by atoms with van der Waals surface area (Å²) in [5.41, 5.74) is 0.842. The molecular formula is C13H17Cl2N. The van der Waals surface area contributed by atoms with Crippen LogP contribution in [0.4, 0.5) is 5.69 Å². The van der Waals surface area contributed by atoms with E-state index in [9.17, 15) is 0 Å². The number of rotatable bonds is 7. The van der Waals surface area contributed by atoms with Crippen molar-refractivity contribution in [3.63, 3.8) is 0 Å². The summed E-state index contributed by atoms with van der Waals surface area (Å²) in [5.74, 6) is 0. The summed E-state index contributed by atoms with van der Waals surface area (Å²) < 4.78 is 0. The van der Waals surface area contributed by atoms with Gasteiger partial charge in [0, 0.05) is 6.54 Å². The van der Waals surface area contributed by atoms with Crippen LogP contribution in [0.15, 0.2) is 30.9 Å². The molecule has 16 heavy (non-hydrogen) atoms. The normalized spacial score (nSPS) is 10.1. The molecule has 0 spiro atoms. The minimum Gasteiger partial charge on any atom is -0.383 e. The molecule has 0 saturated heterocycles. The van der Waals surface area contributed by atoms with Crippen molar-refractivity contribution in [2.24, 2.45) is 0 Å². The van der Waals surface area contributed by atoms with Crippen molar-refractivity contribution in [3.05, 3.63) is 40.9 Å². The third-order valence-corrected chi connectivity index (χ3v) is 2.98. The van der Waals surface area contributed by atoms with Gasteiger partial charge in [-0.3, -0.25) is 0 Å². The molecule has 0 atom stereocenters. The number of benzene rings is 1. The second-order valence-corrected chi connectivity index (χ2v) is 4.48. The quantitative estimate of drug-likeness (QED) is 0.526. The summed E-state index contributed by atoms with van der Waals surface area (Å²) in [4.78, 5) is 0. The van der Waals surface area contributed by atoms with E-state index in [-0.39, 0.29) is 0 Å². The molecule has 0 fully saturated rings. The van der Waals surface area contributed by atoms with Crippen LogP contribution in [-0.2, 0) is 0 Å². The van der Waals surface area contributed by atoms with E-state index in [1.165, 1.54) is 12.8 Å². The Balaban J connectivity index is 2.29. The molecule has 0 aliphatic carbocycles. The van der Waals surface area contributed by atoms with Crippen LogP contribution in [0.5, 0.6) is 0 Å². The summed E-state index contributed by atoms with van der Waals surface area (Å²) in [6.45, 7) is 4.60. The monoisotopic (exact) mass is 257 g/mol. The molecule has 0 amide bonds. The van der Waals surface area contributed by atoms with Crippen LogP contribution in [0.1, 0.15) is 25.7 Å². The molecule has 0 saturated carbocycles. The van der Waals surface area contributed by atoms with Crippen LogP contribution < -0.4 is 5.32 Å². The average molecular weight is 258 g/mol. The standard InChI is InChI=1S/C13H17Cl2N/c1-2-3-4-5-6-10-16-13-11(14)8-7-9-12(13)15/h2,7-9,16H,1,3-6,10H2. The molecule has 0 aliphatic rings. The fraction of sp³-hybridized carbons (Fsp3) is 0.385. The van der Waals surface area contributed by atoms with Gasteiger partial charge in [0.05, 0.1) is 15.7 Å². The SMILES string of the molecule is C=CCCCCCNc1c(Cl)cccc1Cl. The van der Waals surface area contributed by atoms with Crippen LogP contribution in [0.2, 0.25) is 10.0 Å². The van der Waals surface area contributed by atoms with E-state index < -0.39 is 0 Å². The maximum atomic E-state index is 6.03. The summed E-state index contributed by atoms with van der Waals surface area (Å²) in [7, 11) is 0. The minimum absolute atomic E-state index is 0.679. The topological polar surface area (TPSA) is 12.0 Å². The van der Waals surface area contributed by atoms with Crippen molar-refractivity contribution in [2.45, 2.75) is 25.7 Å². The van der Waals surface area contributed by atoms with Gasteiger partial charge in [-0.2, -0.15) is 0 Å². The summed E-state index contributed by atoms with van der Waals surface area (Å²) in [5, 5.41) is 4.63. The third kappa shape index (κ3) is 4.46. The number of nitrogens with one attached hydrogen (secondary N) is 1. The predicted octanol–water partition coefficient (Wildman–Crippen LogP) is 5.15. The van der Waals surface area contributed by atoms with Crippen LogP contribution >= 0.6 is 23.2 Å². The first-order chi connectivity index (χ1) is 7.75. The fourth-order valence-electron chi connectivity index (χ4n) is 1.47. The van der Waals surface area contributed by atoms with Crippen LogP contribution in [0.25, 0.3) is 0 Å². The summed E-state index contributed by atoms with van der Waals surface area (Å²) in [6.07, 6.45) is 6.56. The zero-order valence-electron chi connectivity index (χ0n) is 9.31. The van der Waals surface area contributed by atoms with Gasteiger partial charge in [0.25, 0.3) is 0 Å². The second-order valence-electron chi connectivity index (χ2n) is 3.66. The lowest BCUT2D eigenvalue weighted by molar-refractivity contribution is 0.709. The summed E-state index contributed by atoms with van der Waals surface area (Å²) in [6, 6.07) is 5.53. The van der Waals surface area contributed by atoms with E-state index in [0.29, 0.717) is 10.0 Å². The highest BCUT2D eigenvalue weighted by Gasteiger charge is 2.03. The molecule has 0 aromatic heterocycles. The van der Waals surface area contributed by atoms with Gasteiger partial charge in [0.2, 0.25) is 0 Å². The molecule has 1 nitrogen and oxygen atoms in total. The molecule has 1 rings (SSSR count). The first-order valence-electron chi connectivity index (χ1n) is 5.54. The first kappa shape index (κ1) is 13.4. The van der Waals surface area contributed by atoms with E-state index in [0.717, 1.165) is 25.1 Å². The van der Waals surface area contributed by atoms with E-state index in [1.54, 1.807) is 0 Å². The van der Waals surface area contributed by atoms with Crippen LogP contribution in [0.3, 0.4) is 0 Å². The predicted molar refractivity (Wildman–Crippen MR) is 73.6 cm³/mol.